The molecule has 3 aromatic carbocycles. The van der Waals surface area contributed by atoms with E-state index in [1.807, 2.05) is 18.7 Å². The predicted octanol–water partition coefficient (Wildman–Crippen LogP) is 4.55. The lowest BCUT2D eigenvalue weighted by atomic mass is 9.97. The molecule has 3 N–H and O–H groups in total. The summed E-state index contributed by atoms with van der Waals surface area (Å²) in [6, 6.07) is 19.1. The minimum Gasteiger partial charge on any atom is -0.507 e. The standard InChI is InChI=1S/C18H19NO4.C7H6O2/c1-3-19(4-2)12-9-10-15(16(20)11-12)17(21)13-7-5-6-8-14(13)18(22)23;8-7(9)6-4-2-1-3-5-6/h5-11,20H,3-4H2,1-2H3,(H,22,23);1-5H,(H,8,9). The van der Waals surface area contributed by atoms with Crippen molar-refractivity contribution in [2.45, 2.75) is 13.8 Å². The lowest BCUT2D eigenvalue weighted by Crippen LogP contribution is -2.21. The second-order valence-electron chi connectivity index (χ2n) is 6.72. The van der Waals surface area contributed by atoms with Crippen LogP contribution in [0.2, 0.25) is 0 Å². The third-order valence-electron chi connectivity index (χ3n) is 4.78. The van der Waals surface area contributed by atoms with Gasteiger partial charge in [-0.15, -0.1) is 0 Å². The van der Waals surface area contributed by atoms with Crippen LogP contribution < -0.4 is 4.90 Å². The fourth-order valence-corrected chi connectivity index (χ4v) is 3.09. The summed E-state index contributed by atoms with van der Waals surface area (Å²) in [7, 11) is 0. The van der Waals surface area contributed by atoms with Crippen molar-refractivity contribution in [1.82, 2.24) is 0 Å². The second kappa shape index (κ2) is 11.3. The zero-order valence-corrected chi connectivity index (χ0v) is 17.9. The molecule has 7 heteroatoms. The van der Waals surface area contributed by atoms with E-state index in [1.165, 1.54) is 24.3 Å². The van der Waals surface area contributed by atoms with Crippen molar-refractivity contribution in [1.29, 1.82) is 0 Å². The van der Waals surface area contributed by atoms with Crippen molar-refractivity contribution in [2.75, 3.05) is 18.0 Å². The first kappa shape index (κ1) is 24.1. The summed E-state index contributed by atoms with van der Waals surface area (Å²) in [4.78, 5) is 36.1. The molecule has 0 aromatic heterocycles. The Labute approximate surface area is 186 Å². The smallest absolute Gasteiger partial charge is 0.336 e. The molecule has 7 nitrogen and oxygen atoms in total. The average Bonchev–Trinajstić information content (AvgIpc) is 2.80. The molecule has 0 atom stereocenters. The van der Waals surface area contributed by atoms with Gasteiger partial charge in [0.2, 0.25) is 0 Å². The molecule has 3 rings (SSSR count). The topological polar surface area (TPSA) is 115 Å². The van der Waals surface area contributed by atoms with Gasteiger partial charge in [0.15, 0.2) is 5.78 Å². The van der Waals surface area contributed by atoms with Gasteiger partial charge in [0.05, 0.1) is 16.7 Å². The Hall–Kier alpha value is -4.13. The SMILES string of the molecule is CCN(CC)c1ccc(C(=O)c2ccccc2C(=O)O)c(O)c1.O=C(O)c1ccccc1. The molecule has 0 spiro atoms. The second-order valence-corrected chi connectivity index (χ2v) is 6.72. The molecule has 0 aliphatic heterocycles. The van der Waals surface area contributed by atoms with Crippen molar-refractivity contribution in [3.05, 3.63) is 95.1 Å². The predicted molar refractivity (Wildman–Crippen MR) is 122 cm³/mol. The van der Waals surface area contributed by atoms with Gasteiger partial charge in [0, 0.05) is 30.4 Å². The number of ketones is 1. The summed E-state index contributed by atoms with van der Waals surface area (Å²) in [5, 5.41) is 27.8. The highest BCUT2D eigenvalue weighted by molar-refractivity contribution is 6.15. The van der Waals surface area contributed by atoms with Gasteiger partial charge in [-0.05, 0) is 44.2 Å². The average molecular weight is 435 g/mol. The van der Waals surface area contributed by atoms with Gasteiger partial charge in [-0.1, -0.05) is 36.4 Å². The van der Waals surface area contributed by atoms with Crippen LogP contribution >= 0.6 is 0 Å². The summed E-state index contributed by atoms with van der Waals surface area (Å²) in [6.45, 7) is 5.57. The van der Waals surface area contributed by atoms with Gasteiger partial charge < -0.3 is 20.2 Å². The van der Waals surface area contributed by atoms with Crippen LogP contribution in [0.15, 0.2) is 72.8 Å². The summed E-state index contributed by atoms with van der Waals surface area (Å²) in [6.07, 6.45) is 0. The molecule has 0 bridgehead atoms. The van der Waals surface area contributed by atoms with Crippen LogP contribution in [0.3, 0.4) is 0 Å². The van der Waals surface area contributed by atoms with Gasteiger partial charge in [-0.25, -0.2) is 9.59 Å². The zero-order chi connectivity index (χ0) is 23.7. The Bertz CT molecular complexity index is 1090. The molecular formula is C25H25NO6. The number of carboxylic acid groups (broad SMARTS) is 2. The number of nitrogens with zero attached hydrogens (tertiary/aromatic N) is 1. The van der Waals surface area contributed by atoms with E-state index in [9.17, 15) is 24.6 Å². The molecule has 0 amide bonds. The van der Waals surface area contributed by atoms with Crippen LogP contribution in [0.5, 0.6) is 5.75 Å². The number of anilines is 1. The summed E-state index contributed by atoms with van der Waals surface area (Å²) >= 11 is 0. The van der Waals surface area contributed by atoms with E-state index in [0.717, 1.165) is 18.8 Å². The fourth-order valence-electron chi connectivity index (χ4n) is 3.09. The van der Waals surface area contributed by atoms with E-state index >= 15 is 0 Å². The third-order valence-corrected chi connectivity index (χ3v) is 4.78. The van der Waals surface area contributed by atoms with Crippen LogP contribution in [-0.4, -0.2) is 46.1 Å². The lowest BCUT2D eigenvalue weighted by Gasteiger charge is -2.21. The van der Waals surface area contributed by atoms with Gasteiger partial charge in [0.1, 0.15) is 5.75 Å². The van der Waals surface area contributed by atoms with Crippen LogP contribution in [0.4, 0.5) is 5.69 Å². The maximum atomic E-state index is 12.6. The number of hydrogen-bond acceptors (Lipinski definition) is 5. The van der Waals surface area contributed by atoms with Gasteiger partial charge in [-0.3, -0.25) is 4.79 Å². The van der Waals surface area contributed by atoms with E-state index in [2.05, 4.69) is 0 Å². The molecule has 0 unspecified atom stereocenters. The highest BCUT2D eigenvalue weighted by Crippen LogP contribution is 2.27. The fraction of sp³-hybridized carbons (Fsp3) is 0.160. The number of carbonyl (C=O) groups excluding carboxylic acids is 1. The quantitative estimate of drug-likeness (QED) is 0.466. The highest BCUT2D eigenvalue weighted by Gasteiger charge is 2.20. The van der Waals surface area contributed by atoms with Gasteiger partial charge in [0.25, 0.3) is 0 Å². The molecule has 0 heterocycles. The largest absolute Gasteiger partial charge is 0.507 e. The molecule has 166 valence electrons. The van der Waals surface area contributed by atoms with Crippen LogP contribution in [0.25, 0.3) is 0 Å². The summed E-state index contributed by atoms with van der Waals surface area (Å²) in [5.74, 6) is -2.71. The maximum absolute atomic E-state index is 12.6. The van der Waals surface area contributed by atoms with E-state index < -0.39 is 17.7 Å². The first-order valence-corrected chi connectivity index (χ1v) is 10.0. The first-order valence-electron chi connectivity index (χ1n) is 10.0. The van der Waals surface area contributed by atoms with Crippen molar-refractivity contribution in [2.24, 2.45) is 0 Å². The highest BCUT2D eigenvalue weighted by atomic mass is 16.4. The van der Waals surface area contributed by atoms with Crippen LogP contribution in [-0.2, 0) is 0 Å². The number of hydrogen-bond donors (Lipinski definition) is 3. The number of aromatic carboxylic acids is 2. The molecular weight excluding hydrogens is 410 g/mol. The number of rotatable bonds is 7. The van der Waals surface area contributed by atoms with Gasteiger partial charge in [-0.2, -0.15) is 0 Å². The molecule has 32 heavy (non-hydrogen) atoms. The minimum absolute atomic E-state index is 0.0610. The van der Waals surface area contributed by atoms with Crippen LogP contribution in [0.1, 0.15) is 50.5 Å². The number of carbonyl (C=O) groups is 3. The number of aromatic hydroxyl groups is 1. The Kier molecular flexibility index (Phi) is 8.53. The van der Waals surface area contributed by atoms with E-state index in [1.54, 1.807) is 48.5 Å². The zero-order valence-electron chi connectivity index (χ0n) is 17.9. The number of phenols is 1. The molecule has 0 saturated carbocycles. The van der Waals surface area contributed by atoms with E-state index in [4.69, 9.17) is 5.11 Å². The molecule has 0 aliphatic carbocycles. The summed E-state index contributed by atoms with van der Waals surface area (Å²) < 4.78 is 0. The molecule has 0 saturated heterocycles. The first-order chi connectivity index (χ1) is 15.3. The normalized spacial score (nSPS) is 9.94. The summed E-state index contributed by atoms with van der Waals surface area (Å²) in [5.41, 5.74) is 1.22. The Morgan fingerprint density at radius 1 is 0.719 bits per heavy atom. The number of phenolic OH excluding ortho intramolecular Hbond substituents is 1. The molecule has 3 aromatic rings. The van der Waals surface area contributed by atoms with Crippen LogP contribution in [0, 0.1) is 0 Å². The Morgan fingerprint density at radius 2 is 1.28 bits per heavy atom. The maximum Gasteiger partial charge on any atom is 0.336 e. The molecule has 0 radical (unpaired) electrons. The number of carboxylic acids is 2. The van der Waals surface area contributed by atoms with E-state index in [-0.39, 0.29) is 22.4 Å². The Morgan fingerprint density at radius 3 is 1.75 bits per heavy atom. The third kappa shape index (κ3) is 5.95. The number of benzene rings is 3. The molecule has 0 fully saturated rings. The van der Waals surface area contributed by atoms with Crippen molar-refractivity contribution in [3.8, 4) is 5.75 Å². The minimum atomic E-state index is -1.17. The van der Waals surface area contributed by atoms with Crippen molar-refractivity contribution >= 4 is 23.4 Å². The van der Waals surface area contributed by atoms with Gasteiger partial charge >= 0.3 is 11.9 Å². The van der Waals surface area contributed by atoms with Crippen molar-refractivity contribution < 1.29 is 29.7 Å². The monoisotopic (exact) mass is 435 g/mol. The van der Waals surface area contributed by atoms with E-state index in [0.29, 0.717) is 5.56 Å². The lowest BCUT2D eigenvalue weighted by molar-refractivity contribution is 0.0684. The molecule has 0 aliphatic rings. The van der Waals surface area contributed by atoms with Crippen molar-refractivity contribution in [3.63, 3.8) is 0 Å². The Balaban J connectivity index is 0.000000336.